The third-order valence-corrected chi connectivity index (χ3v) is 3.96. The summed E-state index contributed by atoms with van der Waals surface area (Å²) in [5, 5.41) is 0. The Hall–Kier alpha value is -2.10. The lowest BCUT2D eigenvalue weighted by atomic mass is 9.75. The summed E-state index contributed by atoms with van der Waals surface area (Å²) in [5.41, 5.74) is 3.40. The van der Waals surface area contributed by atoms with Gasteiger partial charge >= 0.3 is 5.97 Å². The largest absolute Gasteiger partial charge is 0.497 e. The topological polar surface area (TPSA) is 47.9 Å². The molecule has 0 aromatic heterocycles. The summed E-state index contributed by atoms with van der Waals surface area (Å²) >= 11 is 0. The van der Waals surface area contributed by atoms with Crippen molar-refractivity contribution in [1.29, 1.82) is 0 Å². The summed E-state index contributed by atoms with van der Waals surface area (Å²) in [6, 6.07) is 7.73. The van der Waals surface area contributed by atoms with Gasteiger partial charge in [-0.3, -0.25) is 9.79 Å². The Morgan fingerprint density at radius 2 is 1.87 bits per heavy atom. The van der Waals surface area contributed by atoms with Crippen LogP contribution in [-0.4, -0.2) is 25.9 Å². The van der Waals surface area contributed by atoms with Crippen LogP contribution in [0.4, 0.5) is 5.69 Å². The number of hydrogen-bond acceptors (Lipinski definition) is 4. The lowest BCUT2D eigenvalue weighted by molar-refractivity contribution is -0.140. The second-order valence-corrected chi connectivity index (χ2v) is 6.70. The summed E-state index contributed by atoms with van der Waals surface area (Å²) in [5.74, 6) is 0.662. The SMILES string of the molecule is COC(=O)CCC1=CC(=Nc2ccc(OC)cc2)CC(C)(C)C1. The number of aliphatic imine (C=N–C) groups is 1. The number of methoxy groups -OCH3 is 2. The number of hydrogen-bond donors (Lipinski definition) is 0. The molecule has 0 saturated heterocycles. The van der Waals surface area contributed by atoms with Crippen LogP contribution in [-0.2, 0) is 9.53 Å². The van der Waals surface area contributed by atoms with Crippen molar-refractivity contribution in [1.82, 2.24) is 0 Å². The number of ether oxygens (including phenoxy) is 2. The summed E-state index contributed by atoms with van der Waals surface area (Å²) < 4.78 is 9.90. The maximum absolute atomic E-state index is 11.4. The first-order valence-electron chi connectivity index (χ1n) is 7.90. The Labute approximate surface area is 138 Å². The summed E-state index contributed by atoms with van der Waals surface area (Å²) in [4.78, 5) is 16.1. The monoisotopic (exact) mass is 315 g/mol. The quantitative estimate of drug-likeness (QED) is 0.753. The Bertz CT molecular complexity index is 612. The van der Waals surface area contributed by atoms with E-state index in [1.807, 2.05) is 24.3 Å². The van der Waals surface area contributed by atoms with Crippen molar-refractivity contribution < 1.29 is 14.3 Å². The van der Waals surface area contributed by atoms with Crippen LogP contribution in [0.5, 0.6) is 5.75 Å². The normalized spacial score (nSPS) is 18.4. The molecule has 1 aliphatic rings. The molecule has 1 aromatic rings. The number of benzene rings is 1. The van der Waals surface area contributed by atoms with E-state index in [2.05, 4.69) is 19.9 Å². The molecule has 1 aromatic carbocycles. The smallest absolute Gasteiger partial charge is 0.305 e. The second kappa shape index (κ2) is 7.44. The molecular weight excluding hydrogens is 290 g/mol. The number of esters is 1. The highest BCUT2D eigenvalue weighted by atomic mass is 16.5. The van der Waals surface area contributed by atoms with E-state index in [0.29, 0.717) is 6.42 Å². The molecule has 0 saturated carbocycles. The predicted octanol–water partition coefficient (Wildman–Crippen LogP) is 4.47. The zero-order valence-corrected chi connectivity index (χ0v) is 14.4. The number of nitrogens with zero attached hydrogens (tertiary/aromatic N) is 1. The Kier molecular flexibility index (Phi) is 5.59. The lowest BCUT2D eigenvalue weighted by Crippen LogP contribution is -2.22. The molecule has 4 nitrogen and oxygen atoms in total. The summed E-state index contributed by atoms with van der Waals surface area (Å²) in [6.07, 6.45) is 5.22. The molecule has 1 aliphatic carbocycles. The van der Waals surface area contributed by atoms with Gasteiger partial charge in [-0.25, -0.2) is 0 Å². The van der Waals surface area contributed by atoms with Gasteiger partial charge in [-0.1, -0.05) is 19.4 Å². The van der Waals surface area contributed by atoms with Crippen molar-refractivity contribution >= 4 is 17.4 Å². The molecular formula is C19H25NO3. The fourth-order valence-corrected chi connectivity index (χ4v) is 2.92. The lowest BCUT2D eigenvalue weighted by Gasteiger charge is -2.30. The van der Waals surface area contributed by atoms with E-state index in [1.165, 1.54) is 12.7 Å². The Morgan fingerprint density at radius 3 is 2.48 bits per heavy atom. The van der Waals surface area contributed by atoms with Gasteiger partial charge in [-0.15, -0.1) is 0 Å². The molecule has 0 spiro atoms. The van der Waals surface area contributed by atoms with Gasteiger partial charge in [-0.05, 0) is 55.0 Å². The van der Waals surface area contributed by atoms with E-state index in [4.69, 9.17) is 14.5 Å². The first-order chi connectivity index (χ1) is 10.9. The zero-order valence-electron chi connectivity index (χ0n) is 14.4. The van der Waals surface area contributed by atoms with Gasteiger partial charge in [0.15, 0.2) is 0 Å². The minimum Gasteiger partial charge on any atom is -0.497 e. The summed E-state index contributed by atoms with van der Waals surface area (Å²) in [6.45, 7) is 4.48. The van der Waals surface area contributed by atoms with E-state index in [9.17, 15) is 4.79 Å². The molecule has 23 heavy (non-hydrogen) atoms. The van der Waals surface area contributed by atoms with Crippen molar-refractivity contribution in [2.24, 2.45) is 10.4 Å². The molecule has 0 unspecified atom stereocenters. The molecule has 0 atom stereocenters. The standard InChI is InChI=1S/C19H25NO3/c1-19(2)12-14(5-10-18(21)23-4)11-16(13-19)20-15-6-8-17(22-3)9-7-15/h6-9,11H,5,10,12-13H2,1-4H3. The van der Waals surface area contributed by atoms with Gasteiger partial charge < -0.3 is 9.47 Å². The fourth-order valence-electron chi connectivity index (χ4n) is 2.92. The molecule has 0 radical (unpaired) electrons. The third kappa shape index (κ3) is 5.23. The number of rotatable bonds is 5. The predicted molar refractivity (Wildman–Crippen MR) is 92.4 cm³/mol. The van der Waals surface area contributed by atoms with Crippen LogP contribution in [0.3, 0.4) is 0 Å². The molecule has 4 heteroatoms. The summed E-state index contributed by atoms with van der Waals surface area (Å²) in [7, 11) is 3.08. The molecule has 0 amide bonds. The molecule has 0 bridgehead atoms. The van der Waals surface area contributed by atoms with Crippen molar-refractivity contribution in [3.8, 4) is 5.75 Å². The van der Waals surface area contributed by atoms with Gasteiger partial charge in [0.1, 0.15) is 5.75 Å². The first-order valence-corrected chi connectivity index (χ1v) is 7.90. The van der Waals surface area contributed by atoms with E-state index >= 15 is 0 Å². The maximum Gasteiger partial charge on any atom is 0.305 e. The van der Waals surface area contributed by atoms with Gasteiger partial charge in [0, 0.05) is 12.1 Å². The molecule has 0 fully saturated rings. The Morgan fingerprint density at radius 1 is 1.17 bits per heavy atom. The van der Waals surface area contributed by atoms with Crippen LogP contribution < -0.4 is 4.74 Å². The molecule has 0 aliphatic heterocycles. The van der Waals surface area contributed by atoms with Gasteiger partial charge in [0.25, 0.3) is 0 Å². The van der Waals surface area contributed by atoms with Crippen LogP contribution >= 0.6 is 0 Å². The highest BCUT2D eigenvalue weighted by Gasteiger charge is 2.26. The van der Waals surface area contributed by atoms with E-state index in [1.54, 1.807) is 7.11 Å². The average molecular weight is 315 g/mol. The van der Waals surface area contributed by atoms with Crippen molar-refractivity contribution in [2.75, 3.05) is 14.2 Å². The van der Waals surface area contributed by atoms with Crippen LogP contribution in [0.15, 0.2) is 40.9 Å². The van der Waals surface area contributed by atoms with E-state index < -0.39 is 0 Å². The number of carbonyl (C=O) groups excluding carboxylic acids is 1. The number of carbonyl (C=O) groups is 1. The molecule has 0 N–H and O–H groups in total. The van der Waals surface area contributed by atoms with Crippen LogP contribution in [0.2, 0.25) is 0 Å². The molecule has 0 heterocycles. The maximum atomic E-state index is 11.4. The zero-order chi connectivity index (χ0) is 16.9. The second-order valence-electron chi connectivity index (χ2n) is 6.70. The minimum absolute atomic E-state index is 0.158. The van der Waals surface area contributed by atoms with Crippen LogP contribution in [0.25, 0.3) is 0 Å². The van der Waals surface area contributed by atoms with Gasteiger partial charge in [-0.2, -0.15) is 0 Å². The fraction of sp³-hybridized carbons (Fsp3) is 0.474. The molecule has 2 rings (SSSR count). The number of allylic oxidation sites excluding steroid dienone is 2. The van der Waals surface area contributed by atoms with E-state index in [-0.39, 0.29) is 11.4 Å². The molecule has 124 valence electrons. The van der Waals surface area contributed by atoms with Crippen LogP contribution in [0, 0.1) is 5.41 Å². The highest BCUT2D eigenvalue weighted by Crippen LogP contribution is 2.36. The van der Waals surface area contributed by atoms with Crippen molar-refractivity contribution in [3.05, 3.63) is 35.9 Å². The Balaban J connectivity index is 2.17. The van der Waals surface area contributed by atoms with Gasteiger partial charge in [0.2, 0.25) is 0 Å². The first kappa shape index (κ1) is 17.3. The van der Waals surface area contributed by atoms with Crippen molar-refractivity contribution in [2.45, 2.75) is 39.5 Å². The van der Waals surface area contributed by atoms with Crippen LogP contribution in [0.1, 0.15) is 39.5 Å². The average Bonchev–Trinajstić information content (AvgIpc) is 2.52. The minimum atomic E-state index is -0.164. The third-order valence-electron chi connectivity index (χ3n) is 3.96. The highest BCUT2D eigenvalue weighted by molar-refractivity contribution is 5.98. The van der Waals surface area contributed by atoms with Crippen molar-refractivity contribution in [3.63, 3.8) is 0 Å². The van der Waals surface area contributed by atoms with Gasteiger partial charge in [0.05, 0.1) is 19.9 Å². The van der Waals surface area contributed by atoms with E-state index in [0.717, 1.165) is 36.4 Å².